The molecular formula is C19H17ClFN3O5S. The first-order valence-electron chi connectivity index (χ1n) is 8.59. The number of nitrogens with one attached hydrogen (secondary N) is 2. The van der Waals surface area contributed by atoms with Gasteiger partial charge >= 0.3 is 0 Å². The first-order chi connectivity index (χ1) is 14.1. The zero-order valence-electron chi connectivity index (χ0n) is 15.9. The lowest BCUT2D eigenvalue weighted by molar-refractivity contribution is -0.122. The molecule has 1 aliphatic heterocycles. The maximum Gasteiger partial charge on any atom is 0.264 e. The van der Waals surface area contributed by atoms with Gasteiger partial charge in [-0.1, -0.05) is 23.7 Å². The molecule has 0 aromatic heterocycles. The molecule has 2 aromatic carbocycles. The SMILES string of the molecule is C/C(NOCC(=O)Nc1ccc(F)c(Cl)c1)=C1/C(=O)c2ccccc2S(=O)(=O)N1C. The molecule has 1 aliphatic rings. The highest BCUT2D eigenvalue weighted by Gasteiger charge is 2.38. The van der Waals surface area contributed by atoms with Crippen LogP contribution < -0.4 is 10.8 Å². The van der Waals surface area contributed by atoms with Crippen LogP contribution in [0.2, 0.25) is 5.02 Å². The van der Waals surface area contributed by atoms with Crippen molar-refractivity contribution in [2.75, 3.05) is 19.0 Å². The molecule has 0 saturated heterocycles. The number of likely N-dealkylation sites (N-methyl/N-ethyl adjacent to an activating group) is 1. The highest BCUT2D eigenvalue weighted by molar-refractivity contribution is 7.89. The minimum atomic E-state index is -3.90. The number of hydroxylamine groups is 1. The lowest BCUT2D eigenvalue weighted by atomic mass is 10.1. The van der Waals surface area contributed by atoms with Crippen molar-refractivity contribution in [2.24, 2.45) is 0 Å². The first-order valence-corrected chi connectivity index (χ1v) is 10.4. The van der Waals surface area contributed by atoms with Gasteiger partial charge in [0.2, 0.25) is 5.78 Å². The molecule has 1 amide bonds. The third-order valence-corrected chi connectivity index (χ3v) is 6.39. The van der Waals surface area contributed by atoms with E-state index in [4.69, 9.17) is 16.4 Å². The predicted octanol–water partition coefficient (Wildman–Crippen LogP) is 2.69. The van der Waals surface area contributed by atoms with Crippen molar-refractivity contribution in [1.82, 2.24) is 9.79 Å². The minimum Gasteiger partial charge on any atom is -0.324 e. The molecule has 0 saturated carbocycles. The van der Waals surface area contributed by atoms with Crippen LogP contribution in [0.25, 0.3) is 0 Å². The lowest BCUT2D eigenvalue weighted by Crippen LogP contribution is -2.38. The molecule has 0 spiro atoms. The molecule has 0 aliphatic carbocycles. The summed E-state index contributed by atoms with van der Waals surface area (Å²) < 4.78 is 39.4. The number of sulfonamides is 1. The Morgan fingerprint density at radius 1 is 1.23 bits per heavy atom. The van der Waals surface area contributed by atoms with Gasteiger partial charge in [-0.3, -0.25) is 24.2 Å². The van der Waals surface area contributed by atoms with E-state index in [0.29, 0.717) is 0 Å². The van der Waals surface area contributed by atoms with Crippen molar-refractivity contribution < 1.29 is 27.2 Å². The van der Waals surface area contributed by atoms with Crippen molar-refractivity contribution >= 4 is 39.0 Å². The quantitative estimate of drug-likeness (QED) is 0.532. The molecule has 0 atom stereocenters. The molecule has 0 unspecified atom stereocenters. The number of fused-ring (bicyclic) bond motifs is 1. The van der Waals surface area contributed by atoms with Crippen molar-refractivity contribution in [3.8, 4) is 0 Å². The maximum atomic E-state index is 13.2. The van der Waals surface area contributed by atoms with Gasteiger partial charge in [0.25, 0.3) is 15.9 Å². The Labute approximate surface area is 177 Å². The van der Waals surface area contributed by atoms with Gasteiger partial charge in [0, 0.05) is 18.3 Å². The van der Waals surface area contributed by atoms with Gasteiger partial charge in [0.1, 0.15) is 11.5 Å². The monoisotopic (exact) mass is 453 g/mol. The first kappa shape index (κ1) is 21.8. The summed E-state index contributed by atoms with van der Waals surface area (Å²) in [6.07, 6.45) is 0. The number of Topliss-reactive ketones (excluding diaryl/α,β-unsaturated/α-hetero) is 1. The van der Waals surface area contributed by atoms with E-state index in [-0.39, 0.29) is 32.6 Å². The number of ketones is 1. The zero-order valence-corrected chi connectivity index (χ0v) is 17.5. The predicted molar refractivity (Wildman–Crippen MR) is 108 cm³/mol. The Kier molecular flexibility index (Phi) is 6.11. The second kappa shape index (κ2) is 8.42. The van der Waals surface area contributed by atoms with E-state index in [2.05, 4.69) is 10.8 Å². The van der Waals surface area contributed by atoms with Crippen LogP contribution >= 0.6 is 11.6 Å². The zero-order chi connectivity index (χ0) is 22.1. The van der Waals surface area contributed by atoms with E-state index in [9.17, 15) is 22.4 Å². The average molecular weight is 454 g/mol. The highest BCUT2D eigenvalue weighted by atomic mass is 35.5. The Morgan fingerprint density at radius 2 is 1.93 bits per heavy atom. The molecule has 0 fully saturated rings. The number of hydrogen-bond acceptors (Lipinski definition) is 6. The summed E-state index contributed by atoms with van der Waals surface area (Å²) in [5, 5.41) is 2.32. The summed E-state index contributed by atoms with van der Waals surface area (Å²) in [7, 11) is -2.64. The van der Waals surface area contributed by atoms with Crippen molar-refractivity contribution in [3.05, 3.63) is 70.3 Å². The molecule has 3 rings (SSSR count). The summed E-state index contributed by atoms with van der Waals surface area (Å²) in [5.74, 6) is -1.70. The minimum absolute atomic E-state index is 0.0534. The van der Waals surface area contributed by atoms with Crippen LogP contribution in [0, 0.1) is 5.82 Å². The number of carbonyl (C=O) groups excluding carboxylic acids is 2. The largest absolute Gasteiger partial charge is 0.324 e. The van der Waals surface area contributed by atoms with Crippen molar-refractivity contribution in [1.29, 1.82) is 0 Å². The van der Waals surface area contributed by atoms with Crippen molar-refractivity contribution in [2.45, 2.75) is 11.8 Å². The van der Waals surface area contributed by atoms with Gasteiger partial charge < -0.3 is 5.32 Å². The third-order valence-electron chi connectivity index (χ3n) is 4.29. The van der Waals surface area contributed by atoms with E-state index < -0.39 is 34.1 Å². The van der Waals surface area contributed by atoms with Gasteiger partial charge in [-0.2, -0.15) is 0 Å². The standard InChI is InChI=1S/C19H17ClFN3O5S/c1-11(23-29-10-17(25)22-12-7-8-15(21)14(20)9-12)18-19(26)13-5-3-4-6-16(13)30(27,28)24(18)2/h3-9,23H,10H2,1-2H3,(H,22,25)/b18-11+. The molecular weight excluding hydrogens is 437 g/mol. The second-order valence-corrected chi connectivity index (χ2v) is 8.68. The van der Waals surface area contributed by atoms with Gasteiger partial charge in [0.15, 0.2) is 6.61 Å². The van der Waals surface area contributed by atoms with Crippen LogP contribution in [-0.4, -0.2) is 38.1 Å². The Hall–Kier alpha value is -2.95. The molecule has 11 heteroatoms. The fraction of sp³-hybridized carbons (Fsp3) is 0.158. The van der Waals surface area contributed by atoms with E-state index >= 15 is 0 Å². The molecule has 1 heterocycles. The molecule has 30 heavy (non-hydrogen) atoms. The fourth-order valence-electron chi connectivity index (χ4n) is 2.85. The van der Waals surface area contributed by atoms with Crippen LogP contribution in [0.15, 0.2) is 58.8 Å². The van der Waals surface area contributed by atoms with Crippen LogP contribution in [0.5, 0.6) is 0 Å². The molecule has 2 N–H and O–H groups in total. The summed E-state index contributed by atoms with van der Waals surface area (Å²) in [4.78, 5) is 29.7. The van der Waals surface area contributed by atoms with Gasteiger partial charge in [-0.15, -0.1) is 0 Å². The van der Waals surface area contributed by atoms with Gasteiger partial charge in [0.05, 0.1) is 15.6 Å². The number of halogens is 2. The van der Waals surface area contributed by atoms with E-state index in [1.165, 1.54) is 44.3 Å². The number of allylic oxidation sites excluding steroid dienone is 2. The fourth-order valence-corrected chi connectivity index (χ4v) is 4.48. The molecule has 2 aromatic rings. The topological polar surface area (TPSA) is 105 Å². The number of carbonyl (C=O) groups is 2. The maximum absolute atomic E-state index is 13.2. The summed E-state index contributed by atoms with van der Waals surface area (Å²) in [5.41, 5.74) is 2.74. The van der Waals surface area contributed by atoms with Crippen LogP contribution in [0.1, 0.15) is 17.3 Å². The number of hydrogen-bond donors (Lipinski definition) is 2. The van der Waals surface area contributed by atoms with E-state index in [0.717, 1.165) is 10.4 Å². The Morgan fingerprint density at radius 3 is 2.63 bits per heavy atom. The Bertz CT molecular complexity index is 1170. The highest BCUT2D eigenvalue weighted by Crippen LogP contribution is 2.31. The molecule has 0 radical (unpaired) electrons. The lowest BCUT2D eigenvalue weighted by Gasteiger charge is -2.29. The molecule has 8 nitrogen and oxygen atoms in total. The van der Waals surface area contributed by atoms with Crippen molar-refractivity contribution in [3.63, 3.8) is 0 Å². The number of anilines is 1. The smallest absolute Gasteiger partial charge is 0.264 e. The number of rotatable bonds is 5. The van der Waals surface area contributed by atoms with E-state index in [1.54, 1.807) is 6.07 Å². The van der Waals surface area contributed by atoms with Crippen LogP contribution in [0.4, 0.5) is 10.1 Å². The number of nitrogens with zero attached hydrogens (tertiary/aromatic N) is 1. The summed E-state index contributed by atoms with van der Waals surface area (Å²) in [6, 6.07) is 9.58. The van der Waals surface area contributed by atoms with Gasteiger partial charge in [-0.05, 0) is 37.3 Å². The Balaban J connectivity index is 1.70. The van der Waals surface area contributed by atoms with Gasteiger partial charge in [-0.25, -0.2) is 12.8 Å². The molecule has 0 bridgehead atoms. The third kappa shape index (κ3) is 4.16. The van der Waals surface area contributed by atoms with Crippen LogP contribution in [-0.2, 0) is 19.7 Å². The van der Waals surface area contributed by atoms with Crippen LogP contribution in [0.3, 0.4) is 0 Å². The normalized spacial score (nSPS) is 16.7. The number of benzene rings is 2. The van der Waals surface area contributed by atoms with E-state index in [1.807, 2.05) is 0 Å². The second-order valence-electron chi connectivity index (χ2n) is 6.34. The average Bonchev–Trinajstić information content (AvgIpc) is 2.70. The summed E-state index contributed by atoms with van der Waals surface area (Å²) in [6.45, 7) is 0.978. The number of amides is 1. The summed E-state index contributed by atoms with van der Waals surface area (Å²) >= 11 is 5.65. The molecule has 158 valence electrons.